The van der Waals surface area contributed by atoms with Gasteiger partial charge in [-0.05, 0) is 32.4 Å². The van der Waals surface area contributed by atoms with E-state index in [1.54, 1.807) is 39.0 Å². The number of nitrogens with zero attached hydrogens (tertiary/aromatic N) is 1. The van der Waals surface area contributed by atoms with E-state index in [4.69, 9.17) is 16.0 Å². The molecule has 19 heavy (non-hydrogen) atoms. The summed E-state index contributed by atoms with van der Waals surface area (Å²) in [5.74, 6) is 0.499. The SMILES string of the molecule is [C-]#[N+]c1ccc(CNC(=O)OC(C)(C)C)cc1OC. The van der Waals surface area contributed by atoms with Crippen LogP contribution in [0.3, 0.4) is 0 Å². The van der Waals surface area contributed by atoms with Gasteiger partial charge in [0.25, 0.3) is 0 Å². The van der Waals surface area contributed by atoms with Crippen molar-refractivity contribution in [3.63, 3.8) is 0 Å². The highest BCUT2D eigenvalue weighted by atomic mass is 16.6. The number of benzene rings is 1. The Balaban J connectivity index is 2.64. The van der Waals surface area contributed by atoms with Gasteiger partial charge in [-0.2, -0.15) is 0 Å². The number of rotatable bonds is 3. The molecule has 0 spiro atoms. The molecule has 0 heterocycles. The van der Waals surface area contributed by atoms with E-state index in [9.17, 15) is 4.79 Å². The molecule has 0 atom stereocenters. The Labute approximate surface area is 113 Å². The monoisotopic (exact) mass is 262 g/mol. The van der Waals surface area contributed by atoms with Gasteiger partial charge in [-0.3, -0.25) is 0 Å². The summed E-state index contributed by atoms with van der Waals surface area (Å²) in [6.07, 6.45) is -0.472. The fourth-order valence-corrected chi connectivity index (χ4v) is 1.41. The van der Waals surface area contributed by atoms with Crippen LogP contribution in [0.2, 0.25) is 0 Å². The van der Waals surface area contributed by atoms with Crippen molar-refractivity contribution in [2.24, 2.45) is 0 Å². The third-order valence-corrected chi connectivity index (χ3v) is 2.20. The van der Waals surface area contributed by atoms with Crippen LogP contribution in [-0.4, -0.2) is 18.8 Å². The van der Waals surface area contributed by atoms with E-state index < -0.39 is 11.7 Å². The Morgan fingerprint density at radius 3 is 2.63 bits per heavy atom. The molecule has 0 aliphatic rings. The van der Waals surface area contributed by atoms with Crippen molar-refractivity contribution in [3.05, 3.63) is 35.2 Å². The lowest BCUT2D eigenvalue weighted by atomic mass is 10.2. The Hall–Kier alpha value is -2.22. The number of nitrogens with one attached hydrogen (secondary N) is 1. The quantitative estimate of drug-likeness (QED) is 0.850. The molecule has 1 rings (SSSR count). The molecule has 1 aromatic rings. The van der Waals surface area contributed by atoms with Crippen molar-refractivity contribution in [1.82, 2.24) is 5.32 Å². The first-order chi connectivity index (χ1) is 8.85. The van der Waals surface area contributed by atoms with Crippen molar-refractivity contribution >= 4 is 11.8 Å². The molecule has 1 N–H and O–H groups in total. The normalized spacial score (nSPS) is 10.5. The van der Waals surface area contributed by atoms with Crippen molar-refractivity contribution < 1.29 is 14.3 Å². The van der Waals surface area contributed by atoms with Crippen LogP contribution < -0.4 is 10.1 Å². The van der Waals surface area contributed by atoms with Crippen LogP contribution in [0.1, 0.15) is 26.3 Å². The van der Waals surface area contributed by atoms with Crippen LogP contribution in [0.4, 0.5) is 10.5 Å². The Bertz CT molecular complexity index is 498. The van der Waals surface area contributed by atoms with Crippen LogP contribution >= 0.6 is 0 Å². The van der Waals surface area contributed by atoms with E-state index in [2.05, 4.69) is 10.2 Å². The summed E-state index contributed by atoms with van der Waals surface area (Å²) >= 11 is 0. The number of hydrogen-bond donors (Lipinski definition) is 1. The van der Waals surface area contributed by atoms with Crippen molar-refractivity contribution in [2.75, 3.05) is 7.11 Å². The van der Waals surface area contributed by atoms with Gasteiger partial charge in [-0.1, -0.05) is 12.1 Å². The van der Waals surface area contributed by atoms with Gasteiger partial charge in [0.2, 0.25) is 5.69 Å². The highest BCUT2D eigenvalue weighted by molar-refractivity contribution is 5.68. The maximum absolute atomic E-state index is 11.5. The van der Waals surface area contributed by atoms with E-state index in [0.717, 1.165) is 5.56 Å². The van der Waals surface area contributed by atoms with Crippen LogP contribution in [0.25, 0.3) is 4.85 Å². The second-order valence-corrected chi connectivity index (χ2v) is 4.97. The van der Waals surface area contributed by atoms with Gasteiger partial charge in [0.1, 0.15) is 11.4 Å². The predicted molar refractivity (Wildman–Crippen MR) is 72.3 cm³/mol. The average molecular weight is 262 g/mol. The first kappa shape index (κ1) is 14.8. The topological polar surface area (TPSA) is 51.9 Å². The highest BCUT2D eigenvalue weighted by Gasteiger charge is 2.15. The molecule has 0 aromatic heterocycles. The summed E-state index contributed by atoms with van der Waals surface area (Å²) in [5.41, 5.74) is 0.772. The summed E-state index contributed by atoms with van der Waals surface area (Å²) < 4.78 is 10.2. The average Bonchev–Trinajstić information content (AvgIpc) is 2.33. The fraction of sp³-hybridized carbons (Fsp3) is 0.429. The van der Waals surface area contributed by atoms with Crippen molar-refractivity contribution in [1.29, 1.82) is 0 Å². The Morgan fingerprint density at radius 1 is 1.42 bits per heavy atom. The zero-order valence-corrected chi connectivity index (χ0v) is 11.6. The third kappa shape index (κ3) is 4.88. The lowest BCUT2D eigenvalue weighted by Gasteiger charge is -2.19. The molecule has 5 heteroatoms. The number of carbonyl (C=O) groups is 1. The van der Waals surface area contributed by atoms with Crippen LogP contribution in [0.5, 0.6) is 5.75 Å². The van der Waals surface area contributed by atoms with Gasteiger partial charge < -0.3 is 14.8 Å². The smallest absolute Gasteiger partial charge is 0.407 e. The van der Waals surface area contributed by atoms with Gasteiger partial charge in [-0.15, -0.1) is 0 Å². The largest absolute Gasteiger partial charge is 0.508 e. The van der Waals surface area contributed by atoms with E-state index in [1.165, 1.54) is 7.11 Å². The Kier molecular flexibility index (Phi) is 4.76. The number of ether oxygens (including phenoxy) is 2. The minimum Gasteiger partial charge on any atom is -0.508 e. The van der Waals surface area contributed by atoms with E-state index in [1.807, 2.05) is 0 Å². The standard InChI is InChI=1S/C14H18N2O3/c1-14(2,3)19-13(17)16-9-10-6-7-11(15-4)12(8-10)18-5/h6-8H,9H2,1-3,5H3,(H,16,17). The van der Waals surface area contributed by atoms with E-state index in [-0.39, 0.29) is 0 Å². The second-order valence-electron chi connectivity index (χ2n) is 4.97. The molecule has 0 aliphatic carbocycles. The van der Waals surface area contributed by atoms with Gasteiger partial charge in [-0.25, -0.2) is 9.64 Å². The minimum atomic E-state index is -0.518. The first-order valence-corrected chi connectivity index (χ1v) is 5.87. The second kappa shape index (κ2) is 6.10. The number of methoxy groups -OCH3 is 1. The number of hydrogen-bond acceptors (Lipinski definition) is 3. The lowest BCUT2D eigenvalue weighted by molar-refractivity contribution is 0.0523. The molecule has 1 aromatic carbocycles. The molecule has 0 bridgehead atoms. The van der Waals surface area contributed by atoms with Crippen LogP contribution in [0.15, 0.2) is 18.2 Å². The molecular formula is C14H18N2O3. The van der Waals surface area contributed by atoms with Crippen LogP contribution in [-0.2, 0) is 11.3 Å². The lowest BCUT2D eigenvalue weighted by Crippen LogP contribution is -2.32. The van der Waals surface area contributed by atoms with Gasteiger partial charge in [0.15, 0.2) is 0 Å². The maximum Gasteiger partial charge on any atom is 0.407 e. The molecular weight excluding hydrogens is 244 g/mol. The Morgan fingerprint density at radius 2 is 2.11 bits per heavy atom. The summed E-state index contributed by atoms with van der Waals surface area (Å²) in [5, 5.41) is 2.65. The summed E-state index contributed by atoms with van der Waals surface area (Å²) in [6, 6.07) is 5.16. The molecule has 5 nitrogen and oxygen atoms in total. The molecule has 0 saturated heterocycles. The number of amides is 1. The first-order valence-electron chi connectivity index (χ1n) is 5.87. The predicted octanol–water partition coefficient (Wildman–Crippen LogP) is 3.27. The zero-order valence-electron chi connectivity index (χ0n) is 11.6. The number of carbonyl (C=O) groups excluding carboxylic acids is 1. The fourth-order valence-electron chi connectivity index (χ4n) is 1.41. The minimum absolute atomic E-state index is 0.323. The molecule has 0 aliphatic heterocycles. The molecule has 0 unspecified atom stereocenters. The highest BCUT2D eigenvalue weighted by Crippen LogP contribution is 2.28. The zero-order chi connectivity index (χ0) is 14.5. The van der Waals surface area contributed by atoms with Crippen LogP contribution in [0, 0.1) is 6.57 Å². The maximum atomic E-state index is 11.5. The summed E-state index contributed by atoms with van der Waals surface area (Å²) in [7, 11) is 1.51. The summed E-state index contributed by atoms with van der Waals surface area (Å²) in [4.78, 5) is 14.8. The molecule has 102 valence electrons. The van der Waals surface area contributed by atoms with E-state index >= 15 is 0 Å². The molecule has 0 saturated carbocycles. The van der Waals surface area contributed by atoms with Gasteiger partial charge in [0, 0.05) is 6.54 Å². The molecule has 0 radical (unpaired) electrons. The molecule has 1 amide bonds. The number of alkyl carbamates (subject to hydrolysis) is 1. The van der Waals surface area contributed by atoms with Crippen molar-refractivity contribution in [2.45, 2.75) is 32.9 Å². The summed E-state index contributed by atoms with van der Waals surface area (Å²) in [6.45, 7) is 12.7. The molecule has 0 fully saturated rings. The third-order valence-electron chi connectivity index (χ3n) is 2.20. The van der Waals surface area contributed by atoms with E-state index in [0.29, 0.717) is 18.0 Å². The van der Waals surface area contributed by atoms with Gasteiger partial charge >= 0.3 is 6.09 Å². The van der Waals surface area contributed by atoms with Gasteiger partial charge in [0.05, 0.1) is 13.7 Å². The van der Waals surface area contributed by atoms with Crippen molar-refractivity contribution in [3.8, 4) is 5.75 Å².